The highest BCUT2D eigenvalue weighted by Crippen LogP contribution is 2.35. The van der Waals surface area contributed by atoms with Crippen LogP contribution in [0.25, 0.3) is 0 Å². The van der Waals surface area contributed by atoms with Crippen molar-refractivity contribution in [3.63, 3.8) is 0 Å². The number of anilines is 1. The van der Waals surface area contributed by atoms with E-state index in [4.69, 9.17) is 0 Å². The fourth-order valence-corrected chi connectivity index (χ4v) is 2.29. The number of aliphatic hydroxyl groups excluding tert-OH is 1. The summed E-state index contributed by atoms with van der Waals surface area (Å²) in [5.41, 5.74) is -1.39. The number of hydrogen-bond donors (Lipinski definition) is 1. The van der Waals surface area contributed by atoms with Gasteiger partial charge in [0, 0.05) is 18.5 Å². The molecule has 0 aliphatic carbocycles. The molecule has 1 aliphatic heterocycles. The van der Waals surface area contributed by atoms with Crippen LogP contribution in [-0.4, -0.2) is 29.3 Å². The average Bonchev–Trinajstić information content (AvgIpc) is 2.31. The minimum atomic E-state index is -1.67. The summed E-state index contributed by atoms with van der Waals surface area (Å²) in [6.07, 6.45) is -0.372. The molecule has 1 aliphatic rings. The van der Waals surface area contributed by atoms with Gasteiger partial charge in [0.05, 0.1) is 6.10 Å². The van der Waals surface area contributed by atoms with Gasteiger partial charge in [-0.25, -0.2) is 0 Å². The van der Waals surface area contributed by atoms with Gasteiger partial charge < -0.3 is 10.0 Å². The van der Waals surface area contributed by atoms with E-state index in [2.05, 4.69) is 4.98 Å². The molecule has 1 atom stereocenters. The zero-order valence-electron chi connectivity index (χ0n) is 10.6. The van der Waals surface area contributed by atoms with E-state index in [1.54, 1.807) is 13.8 Å². The van der Waals surface area contributed by atoms with Crippen molar-refractivity contribution in [3.05, 3.63) is 23.5 Å². The van der Waals surface area contributed by atoms with Crippen molar-refractivity contribution in [2.75, 3.05) is 18.0 Å². The van der Waals surface area contributed by atoms with Crippen molar-refractivity contribution in [3.8, 4) is 0 Å². The van der Waals surface area contributed by atoms with Gasteiger partial charge in [-0.3, -0.25) is 0 Å². The molecule has 0 aromatic carbocycles. The molecule has 106 valence electrons. The van der Waals surface area contributed by atoms with Crippen LogP contribution in [0, 0.1) is 28.9 Å². The topological polar surface area (TPSA) is 36.4 Å². The molecule has 1 unspecified atom stereocenters. The molecule has 1 fully saturated rings. The van der Waals surface area contributed by atoms with Crippen LogP contribution in [0.5, 0.6) is 0 Å². The Bertz CT molecular complexity index is 481. The minimum Gasteiger partial charge on any atom is -0.392 e. The monoisotopic (exact) mass is 278 g/mol. The van der Waals surface area contributed by atoms with Crippen molar-refractivity contribution in [2.45, 2.75) is 26.4 Å². The second kappa shape index (κ2) is 4.63. The summed E-state index contributed by atoms with van der Waals surface area (Å²) in [5.74, 6) is -6.35. The van der Waals surface area contributed by atoms with Crippen LogP contribution in [0.1, 0.15) is 20.3 Å². The van der Waals surface area contributed by atoms with Crippen LogP contribution < -0.4 is 4.90 Å². The molecule has 2 rings (SSSR count). The van der Waals surface area contributed by atoms with Crippen LogP contribution in [0.4, 0.5) is 23.2 Å². The van der Waals surface area contributed by atoms with Crippen LogP contribution in [0.15, 0.2) is 0 Å². The maximum Gasteiger partial charge on any atom is 0.253 e. The predicted molar refractivity (Wildman–Crippen MR) is 60.7 cm³/mol. The molecule has 1 aromatic heterocycles. The summed E-state index contributed by atoms with van der Waals surface area (Å²) < 4.78 is 53.4. The highest BCUT2D eigenvalue weighted by Gasteiger charge is 2.37. The van der Waals surface area contributed by atoms with Gasteiger partial charge in [-0.05, 0) is 6.42 Å². The summed E-state index contributed by atoms with van der Waals surface area (Å²) in [7, 11) is 0. The van der Waals surface area contributed by atoms with Gasteiger partial charge in [0.2, 0.25) is 11.6 Å². The fourth-order valence-electron chi connectivity index (χ4n) is 2.29. The SMILES string of the molecule is CC1(C)CN(c2c(F)c(F)nc(F)c2F)CCC1O. The lowest BCUT2D eigenvalue weighted by Gasteiger charge is -2.42. The quantitative estimate of drug-likeness (QED) is 0.632. The van der Waals surface area contributed by atoms with Gasteiger partial charge in [-0.2, -0.15) is 22.5 Å². The standard InChI is InChI=1S/C12H14F4N2O/c1-12(2)5-18(4-3-6(12)19)9-7(13)10(15)17-11(16)8(9)14/h6,19H,3-5H2,1-2H3. The van der Waals surface area contributed by atoms with Crippen molar-refractivity contribution >= 4 is 5.69 Å². The molecule has 7 heteroatoms. The lowest BCUT2D eigenvalue weighted by molar-refractivity contribution is 0.0331. The van der Waals surface area contributed by atoms with E-state index in [0.29, 0.717) is 0 Å². The van der Waals surface area contributed by atoms with Crippen molar-refractivity contribution in [1.82, 2.24) is 4.98 Å². The Morgan fingerprint density at radius 2 is 1.68 bits per heavy atom. The summed E-state index contributed by atoms with van der Waals surface area (Å²) in [5, 5.41) is 9.77. The summed E-state index contributed by atoms with van der Waals surface area (Å²) >= 11 is 0. The first-order valence-electron chi connectivity index (χ1n) is 5.87. The molecular weight excluding hydrogens is 264 g/mol. The molecule has 0 bridgehead atoms. The number of pyridine rings is 1. The number of hydrogen-bond acceptors (Lipinski definition) is 3. The summed E-state index contributed by atoms with van der Waals surface area (Å²) in [6, 6.07) is 0. The Kier molecular flexibility index (Phi) is 3.42. The highest BCUT2D eigenvalue weighted by molar-refractivity contribution is 5.49. The largest absolute Gasteiger partial charge is 0.392 e. The smallest absolute Gasteiger partial charge is 0.253 e. The van der Waals surface area contributed by atoms with E-state index < -0.39 is 40.7 Å². The molecule has 0 radical (unpaired) electrons. The molecule has 0 amide bonds. The third kappa shape index (κ3) is 2.39. The van der Waals surface area contributed by atoms with Gasteiger partial charge in [0.15, 0.2) is 0 Å². The maximum absolute atomic E-state index is 13.6. The van der Waals surface area contributed by atoms with Crippen molar-refractivity contribution in [2.24, 2.45) is 5.41 Å². The highest BCUT2D eigenvalue weighted by atomic mass is 19.2. The van der Waals surface area contributed by atoms with Crippen molar-refractivity contribution < 1.29 is 22.7 Å². The van der Waals surface area contributed by atoms with Crippen LogP contribution >= 0.6 is 0 Å². The Morgan fingerprint density at radius 1 is 1.16 bits per heavy atom. The molecule has 1 N–H and O–H groups in total. The third-order valence-corrected chi connectivity index (χ3v) is 3.46. The van der Waals surface area contributed by atoms with E-state index in [-0.39, 0.29) is 19.5 Å². The zero-order chi connectivity index (χ0) is 14.4. The second-order valence-electron chi connectivity index (χ2n) is 5.38. The molecule has 19 heavy (non-hydrogen) atoms. The molecule has 3 nitrogen and oxygen atoms in total. The minimum absolute atomic E-state index is 0.0882. The van der Waals surface area contributed by atoms with E-state index in [1.165, 1.54) is 4.90 Å². The van der Waals surface area contributed by atoms with Crippen LogP contribution in [-0.2, 0) is 0 Å². The lowest BCUT2D eigenvalue weighted by Crippen LogP contribution is -2.49. The van der Waals surface area contributed by atoms with Crippen LogP contribution in [0.3, 0.4) is 0 Å². The number of halogens is 4. The first kappa shape index (κ1) is 14.0. The first-order valence-corrected chi connectivity index (χ1v) is 5.87. The van der Waals surface area contributed by atoms with Gasteiger partial charge in [-0.15, -0.1) is 0 Å². The van der Waals surface area contributed by atoms with Gasteiger partial charge >= 0.3 is 0 Å². The number of rotatable bonds is 1. The van der Waals surface area contributed by atoms with E-state index in [1.807, 2.05) is 0 Å². The third-order valence-electron chi connectivity index (χ3n) is 3.46. The van der Waals surface area contributed by atoms with Crippen LogP contribution in [0.2, 0.25) is 0 Å². The Labute approximate surface area is 107 Å². The van der Waals surface area contributed by atoms with E-state index in [0.717, 1.165) is 0 Å². The second-order valence-corrected chi connectivity index (χ2v) is 5.38. The number of nitrogens with zero attached hydrogens (tertiary/aromatic N) is 2. The fraction of sp³-hybridized carbons (Fsp3) is 0.583. The number of aliphatic hydroxyl groups is 1. The lowest BCUT2D eigenvalue weighted by atomic mass is 9.81. The molecule has 0 saturated carbocycles. The molecule has 2 heterocycles. The summed E-state index contributed by atoms with van der Waals surface area (Å²) in [4.78, 5) is 3.72. The number of aromatic nitrogens is 1. The van der Waals surface area contributed by atoms with E-state index in [9.17, 15) is 22.7 Å². The average molecular weight is 278 g/mol. The number of piperidine rings is 1. The molecule has 0 spiro atoms. The Balaban J connectivity index is 2.43. The molecular formula is C12H14F4N2O. The normalized spacial score (nSPS) is 22.7. The van der Waals surface area contributed by atoms with Gasteiger partial charge in [-0.1, -0.05) is 13.8 Å². The van der Waals surface area contributed by atoms with E-state index >= 15 is 0 Å². The van der Waals surface area contributed by atoms with Crippen molar-refractivity contribution in [1.29, 1.82) is 0 Å². The van der Waals surface area contributed by atoms with Gasteiger partial charge in [0.25, 0.3) is 11.9 Å². The Hall–Kier alpha value is -1.37. The Morgan fingerprint density at radius 3 is 2.16 bits per heavy atom. The first-order chi connectivity index (χ1) is 8.74. The zero-order valence-corrected chi connectivity index (χ0v) is 10.6. The summed E-state index contributed by atoms with van der Waals surface area (Å²) in [6.45, 7) is 3.63. The van der Waals surface area contributed by atoms with Gasteiger partial charge in [0.1, 0.15) is 5.69 Å². The maximum atomic E-state index is 13.6. The molecule has 1 saturated heterocycles. The molecule has 1 aromatic rings. The predicted octanol–water partition coefficient (Wildman–Crippen LogP) is 2.24.